The van der Waals surface area contributed by atoms with Crippen LogP contribution in [0.3, 0.4) is 0 Å². The molecule has 0 aliphatic carbocycles. The summed E-state index contributed by atoms with van der Waals surface area (Å²) in [4.78, 5) is 15.8. The summed E-state index contributed by atoms with van der Waals surface area (Å²) in [5.74, 6) is 3.14. The number of pyridine rings is 1. The second-order valence-electron chi connectivity index (χ2n) is 3.75. The Bertz CT molecular complexity index is 666. The summed E-state index contributed by atoms with van der Waals surface area (Å²) >= 11 is 5.83. The van der Waals surface area contributed by atoms with E-state index in [1.54, 1.807) is 0 Å². The molecule has 0 fully saturated rings. The lowest BCUT2D eigenvalue weighted by molar-refractivity contribution is 0.102. The number of rotatable bonds is 3. The highest BCUT2D eigenvalue weighted by atomic mass is 35.5. The zero-order chi connectivity index (χ0) is 14.7. The monoisotopic (exact) mass is 298 g/mol. The quantitative estimate of drug-likeness (QED) is 0.601. The molecule has 1 aromatic carbocycles. The number of carbonyl (C=O) groups is 1. The fraction of sp³-hybridized carbons (Fsp3) is 0. The maximum Gasteiger partial charge on any atom is 0.275 e. The largest absolute Gasteiger partial charge is 0.318 e. The number of carbonyl (C=O) groups excluding carboxylic acids is 1. The van der Waals surface area contributed by atoms with E-state index in [-0.39, 0.29) is 22.2 Å². The van der Waals surface area contributed by atoms with Gasteiger partial charge in [0.15, 0.2) is 0 Å². The second kappa shape index (κ2) is 5.81. The smallest absolute Gasteiger partial charge is 0.275 e. The number of aromatic nitrogens is 1. The summed E-state index contributed by atoms with van der Waals surface area (Å²) in [7, 11) is 0. The third-order valence-corrected chi connectivity index (χ3v) is 2.69. The molecule has 4 N–H and O–H groups in total. The van der Waals surface area contributed by atoms with Crippen LogP contribution >= 0.6 is 11.6 Å². The summed E-state index contributed by atoms with van der Waals surface area (Å²) in [6, 6.07) is 5.56. The summed E-state index contributed by atoms with van der Waals surface area (Å²) < 4.78 is 26.4. The van der Waals surface area contributed by atoms with E-state index in [0.717, 1.165) is 18.2 Å². The van der Waals surface area contributed by atoms with Gasteiger partial charge in [-0.1, -0.05) is 11.6 Å². The molecule has 0 saturated heterocycles. The minimum absolute atomic E-state index is 0.0540. The molecule has 8 heteroatoms. The number of hydrazine groups is 1. The number of anilines is 2. The van der Waals surface area contributed by atoms with Crippen LogP contribution in [0.1, 0.15) is 10.5 Å². The zero-order valence-electron chi connectivity index (χ0n) is 9.95. The summed E-state index contributed by atoms with van der Waals surface area (Å²) in [6.07, 6.45) is 0. The van der Waals surface area contributed by atoms with Crippen LogP contribution in [0.5, 0.6) is 0 Å². The molecule has 104 valence electrons. The number of halogens is 3. The lowest BCUT2D eigenvalue weighted by Crippen LogP contribution is -2.17. The van der Waals surface area contributed by atoms with E-state index >= 15 is 0 Å². The van der Waals surface area contributed by atoms with Crippen molar-refractivity contribution in [3.05, 3.63) is 52.7 Å². The number of nitrogens with zero attached hydrogens (tertiary/aromatic N) is 1. The van der Waals surface area contributed by atoms with Gasteiger partial charge in [-0.2, -0.15) is 0 Å². The van der Waals surface area contributed by atoms with E-state index in [0.29, 0.717) is 0 Å². The first-order chi connectivity index (χ1) is 9.51. The van der Waals surface area contributed by atoms with Crippen LogP contribution in [0.4, 0.5) is 20.3 Å². The van der Waals surface area contributed by atoms with Crippen LogP contribution in [-0.4, -0.2) is 10.9 Å². The van der Waals surface area contributed by atoms with Crippen LogP contribution in [0.25, 0.3) is 0 Å². The van der Waals surface area contributed by atoms with Gasteiger partial charge in [0, 0.05) is 6.07 Å². The van der Waals surface area contributed by atoms with Crippen molar-refractivity contribution in [2.75, 3.05) is 10.7 Å². The van der Waals surface area contributed by atoms with E-state index in [1.165, 1.54) is 12.1 Å². The first kappa shape index (κ1) is 14.2. The van der Waals surface area contributed by atoms with Crippen LogP contribution in [0, 0.1) is 11.6 Å². The predicted octanol–water partition coefficient (Wildman–Crippen LogP) is 2.55. The van der Waals surface area contributed by atoms with Crippen molar-refractivity contribution in [1.29, 1.82) is 0 Å². The summed E-state index contributed by atoms with van der Waals surface area (Å²) in [5, 5.41) is 2.24. The fourth-order valence-corrected chi connectivity index (χ4v) is 1.65. The molecule has 5 nitrogen and oxygen atoms in total. The van der Waals surface area contributed by atoms with Crippen molar-refractivity contribution in [1.82, 2.24) is 4.98 Å². The van der Waals surface area contributed by atoms with E-state index in [1.807, 2.05) is 0 Å². The third kappa shape index (κ3) is 3.01. The SMILES string of the molecule is NNc1ccc(Cl)c(C(=O)Nc2cc(F)ccc2F)n1. The molecule has 0 aliphatic heterocycles. The van der Waals surface area contributed by atoms with Crippen molar-refractivity contribution >= 4 is 29.0 Å². The van der Waals surface area contributed by atoms with Crippen LogP contribution in [0.2, 0.25) is 5.02 Å². The number of nitrogens with two attached hydrogens (primary N) is 1. The molecule has 1 amide bonds. The summed E-state index contributed by atoms with van der Waals surface area (Å²) in [5.41, 5.74) is 1.78. The standard InChI is InChI=1S/C12H9ClF2N4O/c13-7-2-4-10(19-16)18-11(7)12(20)17-9-5-6(14)1-3-8(9)15/h1-5H,16H2,(H,17,20)(H,18,19). The van der Waals surface area contributed by atoms with Gasteiger partial charge < -0.3 is 10.7 Å². The van der Waals surface area contributed by atoms with E-state index in [4.69, 9.17) is 17.4 Å². The maximum absolute atomic E-state index is 13.4. The number of benzene rings is 1. The number of amides is 1. The number of hydrogen-bond acceptors (Lipinski definition) is 4. The Morgan fingerprint density at radius 1 is 1.25 bits per heavy atom. The molecule has 0 saturated carbocycles. The molecule has 1 heterocycles. The lowest BCUT2D eigenvalue weighted by Gasteiger charge is -2.08. The van der Waals surface area contributed by atoms with Gasteiger partial charge >= 0.3 is 0 Å². The van der Waals surface area contributed by atoms with E-state index < -0.39 is 17.5 Å². The van der Waals surface area contributed by atoms with Gasteiger partial charge in [0.2, 0.25) is 0 Å². The minimum atomic E-state index is -0.781. The number of nitrogen functional groups attached to an aromatic ring is 1. The molecule has 1 aromatic heterocycles. The Balaban J connectivity index is 2.30. The molecule has 0 aliphatic rings. The topological polar surface area (TPSA) is 80.0 Å². The molecular weight excluding hydrogens is 290 g/mol. The van der Waals surface area contributed by atoms with Gasteiger partial charge in [0.1, 0.15) is 23.1 Å². The first-order valence-corrected chi connectivity index (χ1v) is 5.78. The fourth-order valence-electron chi connectivity index (χ4n) is 1.46. The van der Waals surface area contributed by atoms with Crippen LogP contribution < -0.4 is 16.6 Å². The maximum atomic E-state index is 13.4. The van der Waals surface area contributed by atoms with Crippen LogP contribution in [-0.2, 0) is 0 Å². The number of hydrogen-bond donors (Lipinski definition) is 3. The van der Waals surface area contributed by atoms with Gasteiger partial charge in [-0.15, -0.1) is 0 Å². The van der Waals surface area contributed by atoms with Gasteiger partial charge in [-0.25, -0.2) is 19.6 Å². The predicted molar refractivity (Wildman–Crippen MR) is 71.4 cm³/mol. The molecule has 0 radical (unpaired) electrons. The molecule has 0 bridgehead atoms. The second-order valence-corrected chi connectivity index (χ2v) is 4.16. The average Bonchev–Trinajstić information content (AvgIpc) is 2.43. The summed E-state index contributed by atoms with van der Waals surface area (Å²) in [6.45, 7) is 0. The Kier molecular flexibility index (Phi) is 4.11. The van der Waals surface area contributed by atoms with Crippen molar-refractivity contribution in [2.24, 2.45) is 5.84 Å². The Hall–Kier alpha value is -2.25. The highest BCUT2D eigenvalue weighted by Gasteiger charge is 2.15. The Morgan fingerprint density at radius 2 is 2.00 bits per heavy atom. The molecule has 2 rings (SSSR count). The first-order valence-electron chi connectivity index (χ1n) is 5.41. The van der Waals surface area contributed by atoms with Gasteiger partial charge in [-0.3, -0.25) is 4.79 Å². The highest BCUT2D eigenvalue weighted by molar-refractivity contribution is 6.34. The average molecular weight is 299 g/mol. The van der Waals surface area contributed by atoms with E-state index in [9.17, 15) is 13.6 Å². The van der Waals surface area contributed by atoms with Gasteiger partial charge in [0.25, 0.3) is 5.91 Å². The van der Waals surface area contributed by atoms with Gasteiger partial charge in [0.05, 0.1) is 10.7 Å². The lowest BCUT2D eigenvalue weighted by atomic mass is 10.2. The molecule has 20 heavy (non-hydrogen) atoms. The molecule has 0 spiro atoms. The van der Waals surface area contributed by atoms with Crippen molar-refractivity contribution in [2.45, 2.75) is 0 Å². The van der Waals surface area contributed by atoms with E-state index in [2.05, 4.69) is 15.7 Å². The molecule has 2 aromatic rings. The number of nitrogens with one attached hydrogen (secondary N) is 2. The third-order valence-electron chi connectivity index (χ3n) is 2.39. The minimum Gasteiger partial charge on any atom is -0.318 e. The molecule has 0 atom stereocenters. The van der Waals surface area contributed by atoms with Crippen molar-refractivity contribution < 1.29 is 13.6 Å². The Morgan fingerprint density at radius 3 is 2.70 bits per heavy atom. The van der Waals surface area contributed by atoms with Crippen molar-refractivity contribution in [3.8, 4) is 0 Å². The Labute approximate surface area is 117 Å². The van der Waals surface area contributed by atoms with Crippen molar-refractivity contribution in [3.63, 3.8) is 0 Å². The molecule has 0 unspecified atom stereocenters. The highest BCUT2D eigenvalue weighted by Crippen LogP contribution is 2.20. The van der Waals surface area contributed by atoms with Gasteiger partial charge in [-0.05, 0) is 24.3 Å². The van der Waals surface area contributed by atoms with Crippen LogP contribution in [0.15, 0.2) is 30.3 Å². The normalized spacial score (nSPS) is 10.2. The zero-order valence-corrected chi connectivity index (χ0v) is 10.7. The molecular formula is C12H9ClF2N4O.